The lowest BCUT2D eigenvalue weighted by Crippen LogP contribution is -2.42. The first-order chi connectivity index (χ1) is 8.22. The second kappa shape index (κ2) is 9.23. The van der Waals surface area contributed by atoms with Gasteiger partial charge in [-0.3, -0.25) is 0 Å². The van der Waals surface area contributed by atoms with Gasteiger partial charge >= 0.3 is 0 Å². The van der Waals surface area contributed by atoms with Crippen LogP contribution < -0.4 is 10.6 Å². The van der Waals surface area contributed by atoms with Crippen LogP contribution in [0.3, 0.4) is 0 Å². The largest absolute Gasteiger partial charge is 0.314 e. The molecule has 1 aliphatic heterocycles. The van der Waals surface area contributed by atoms with Gasteiger partial charge in [0, 0.05) is 18.1 Å². The molecule has 0 aromatic carbocycles. The Balaban J connectivity index is 2.07. The highest BCUT2D eigenvalue weighted by Gasteiger charge is 2.16. The maximum absolute atomic E-state index is 3.73. The molecule has 1 fully saturated rings. The van der Waals surface area contributed by atoms with E-state index < -0.39 is 0 Å². The van der Waals surface area contributed by atoms with Crippen molar-refractivity contribution < 1.29 is 0 Å². The van der Waals surface area contributed by atoms with E-state index in [9.17, 15) is 0 Å². The number of piperidine rings is 1. The molecule has 3 heteroatoms. The number of hydrogen-bond donors (Lipinski definition) is 2. The van der Waals surface area contributed by atoms with Crippen LogP contribution in [0, 0.1) is 0 Å². The summed E-state index contributed by atoms with van der Waals surface area (Å²) in [5.41, 5.74) is 0. The van der Waals surface area contributed by atoms with Crippen LogP contribution in [0.2, 0.25) is 0 Å². The zero-order valence-corrected chi connectivity index (χ0v) is 12.6. The van der Waals surface area contributed by atoms with Crippen molar-refractivity contribution in [1.29, 1.82) is 0 Å². The molecule has 1 rings (SSSR count). The monoisotopic (exact) mass is 258 g/mol. The highest BCUT2D eigenvalue weighted by atomic mass is 32.2. The zero-order chi connectivity index (χ0) is 12.5. The van der Waals surface area contributed by atoms with Gasteiger partial charge in [0.25, 0.3) is 0 Å². The molecule has 0 aromatic heterocycles. The van der Waals surface area contributed by atoms with Crippen LogP contribution in [0.4, 0.5) is 0 Å². The molecule has 102 valence electrons. The maximum atomic E-state index is 3.73. The average Bonchev–Trinajstić information content (AvgIpc) is 2.30. The minimum atomic E-state index is 0.646. The summed E-state index contributed by atoms with van der Waals surface area (Å²) in [5.74, 6) is 2.54. The van der Waals surface area contributed by atoms with Crippen molar-refractivity contribution in [3.8, 4) is 0 Å². The maximum Gasteiger partial charge on any atom is 0.00817 e. The predicted molar refractivity (Wildman–Crippen MR) is 79.9 cm³/mol. The first kappa shape index (κ1) is 15.3. The first-order valence-electron chi connectivity index (χ1n) is 7.29. The molecule has 0 aliphatic carbocycles. The van der Waals surface area contributed by atoms with Crippen molar-refractivity contribution >= 4 is 11.8 Å². The first-order valence-corrected chi connectivity index (χ1v) is 8.45. The second-order valence-electron chi connectivity index (χ2n) is 5.34. The van der Waals surface area contributed by atoms with Crippen molar-refractivity contribution in [1.82, 2.24) is 10.6 Å². The van der Waals surface area contributed by atoms with Crippen LogP contribution >= 0.6 is 11.8 Å². The summed E-state index contributed by atoms with van der Waals surface area (Å²) >= 11 is 2.05. The fraction of sp³-hybridized carbons (Fsp3) is 1.00. The Morgan fingerprint density at radius 3 is 2.76 bits per heavy atom. The normalized spacial score (nSPS) is 24.5. The van der Waals surface area contributed by atoms with Crippen LogP contribution in [0.1, 0.15) is 52.9 Å². The Labute approximate surface area is 112 Å². The van der Waals surface area contributed by atoms with Gasteiger partial charge in [0.1, 0.15) is 0 Å². The van der Waals surface area contributed by atoms with Gasteiger partial charge < -0.3 is 10.6 Å². The number of thioether (sulfide) groups is 1. The summed E-state index contributed by atoms with van der Waals surface area (Å²) in [6, 6.07) is 2.06. The smallest absolute Gasteiger partial charge is 0.00817 e. The van der Waals surface area contributed by atoms with Gasteiger partial charge in [-0.15, -0.1) is 0 Å². The van der Waals surface area contributed by atoms with Gasteiger partial charge in [-0.05, 0) is 57.6 Å². The molecule has 3 atom stereocenters. The van der Waals surface area contributed by atoms with Gasteiger partial charge in [0.15, 0.2) is 0 Å². The highest BCUT2D eigenvalue weighted by molar-refractivity contribution is 7.99. The van der Waals surface area contributed by atoms with E-state index in [4.69, 9.17) is 0 Å². The van der Waals surface area contributed by atoms with Crippen molar-refractivity contribution in [3.05, 3.63) is 0 Å². The second-order valence-corrected chi connectivity index (χ2v) is 6.73. The summed E-state index contributed by atoms with van der Waals surface area (Å²) in [4.78, 5) is 0. The third-order valence-electron chi connectivity index (χ3n) is 3.52. The van der Waals surface area contributed by atoms with E-state index in [0.29, 0.717) is 12.1 Å². The summed E-state index contributed by atoms with van der Waals surface area (Å²) < 4.78 is 0. The molecule has 2 nitrogen and oxygen atoms in total. The Bertz CT molecular complexity index is 181. The number of rotatable bonds is 8. The Morgan fingerprint density at radius 2 is 2.12 bits per heavy atom. The van der Waals surface area contributed by atoms with E-state index in [1.807, 2.05) is 11.8 Å². The van der Waals surface area contributed by atoms with Gasteiger partial charge in [-0.2, -0.15) is 11.8 Å². The van der Waals surface area contributed by atoms with Gasteiger partial charge in [0.2, 0.25) is 0 Å². The SMILES string of the molecule is CCSCCC(C)NC(C)CC1CCCCN1. The molecule has 0 spiro atoms. The molecule has 17 heavy (non-hydrogen) atoms. The average molecular weight is 258 g/mol. The molecular weight excluding hydrogens is 228 g/mol. The minimum Gasteiger partial charge on any atom is -0.314 e. The van der Waals surface area contributed by atoms with Crippen molar-refractivity contribution in [3.63, 3.8) is 0 Å². The van der Waals surface area contributed by atoms with E-state index in [0.717, 1.165) is 6.04 Å². The molecule has 0 aromatic rings. The summed E-state index contributed by atoms with van der Waals surface area (Å²) in [6.45, 7) is 8.11. The fourth-order valence-corrected chi connectivity index (χ4v) is 3.40. The lowest BCUT2D eigenvalue weighted by Gasteiger charge is -2.28. The van der Waals surface area contributed by atoms with Crippen LogP contribution in [0.5, 0.6) is 0 Å². The highest BCUT2D eigenvalue weighted by Crippen LogP contribution is 2.12. The zero-order valence-electron chi connectivity index (χ0n) is 11.8. The van der Waals surface area contributed by atoms with Crippen LogP contribution in [-0.4, -0.2) is 36.2 Å². The molecule has 1 saturated heterocycles. The van der Waals surface area contributed by atoms with Gasteiger partial charge in [-0.25, -0.2) is 0 Å². The lowest BCUT2D eigenvalue weighted by atomic mass is 9.98. The topological polar surface area (TPSA) is 24.1 Å². The molecule has 2 N–H and O–H groups in total. The van der Waals surface area contributed by atoms with Crippen molar-refractivity contribution in [2.75, 3.05) is 18.1 Å². The van der Waals surface area contributed by atoms with E-state index >= 15 is 0 Å². The van der Waals surface area contributed by atoms with E-state index in [-0.39, 0.29) is 0 Å². The van der Waals surface area contributed by atoms with Gasteiger partial charge in [0.05, 0.1) is 0 Å². The third kappa shape index (κ3) is 7.32. The van der Waals surface area contributed by atoms with Crippen molar-refractivity contribution in [2.45, 2.75) is 71.0 Å². The molecule has 0 radical (unpaired) electrons. The molecular formula is C14H30N2S. The van der Waals surface area contributed by atoms with Crippen LogP contribution in [0.15, 0.2) is 0 Å². The lowest BCUT2D eigenvalue weighted by molar-refractivity contribution is 0.331. The van der Waals surface area contributed by atoms with Crippen molar-refractivity contribution in [2.24, 2.45) is 0 Å². The molecule has 0 saturated carbocycles. The van der Waals surface area contributed by atoms with E-state index in [1.54, 1.807) is 0 Å². The minimum absolute atomic E-state index is 0.646. The Hall–Kier alpha value is 0.270. The number of nitrogens with one attached hydrogen (secondary N) is 2. The van der Waals surface area contributed by atoms with Crippen LogP contribution in [0.25, 0.3) is 0 Å². The quantitative estimate of drug-likeness (QED) is 0.655. The Kier molecular flexibility index (Phi) is 8.33. The molecule has 3 unspecified atom stereocenters. The standard InChI is InChI=1S/C14H30N2S/c1-4-17-10-8-12(2)16-13(3)11-14-7-5-6-9-15-14/h12-16H,4-11H2,1-3H3. The molecule has 0 bridgehead atoms. The molecule has 1 aliphatic rings. The molecule has 1 heterocycles. The third-order valence-corrected chi connectivity index (χ3v) is 4.45. The fourth-order valence-electron chi connectivity index (χ4n) is 2.59. The van der Waals surface area contributed by atoms with Crippen LogP contribution in [-0.2, 0) is 0 Å². The summed E-state index contributed by atoms with van der Waals surface area (Å²) in [5, 5.41) is 7.36. The number of hydrogen-bond acceptors (Lipinski definition) is 3. The van der Waals surface area contributed by atoms with E-state index in [2.05, 4.69) is 31.4 Å². The summed E-state index contributed by atoms with van der Waals surface area (Å²) in [6.07, 6.45) is 6.72. The Morgan fingerprint density at radius 1 is 1.29 bits per heavy atom. The molecule has 0 amide bonds. The predicted octanol–water partition coefficient (Wildman–Crippen LogP) is 3.03. The summed E-state index contributed by atoms with van der Waals surface area (Å²) in [7, 11) is 0. The van der Waals surface area contributed by atoms with Gasteiger partial charge in [-0.1, -0.05) is 13.3 Å². The van der Waals surface area contributed by atoms with E-state index in [1.165, 1.54) is 50.2 Å².